The molecule has 0 aromatic heterocycles. The fraction of sp³-hybridized carbons (Fsp3) is 0.793. The Balaban J connectivity index is 2.40. The average molecular weight is 417 g/mol. The number of rotatable bonds is 14. The Morgan fingerprint density at radius 3 is 1.43 bits per heavy atom. The van der Waals surface area contributed by atoms with Gasteiger partial charge in [-0.1, -0.05) is 132 Å². The third-order valence-corrected chi connectivity index (χ3v) is 6.38. The molecule has 0 spiro atoms. The van der Waals surface area contributed by atoms with Gasteiger partial charge in [-0.15, -0.1) is 0 Å². The van der Waals surface area contributed by atoms with Gasteiger partial charge in [-0.25, -0.2) is 0 Å². The highest BCUT2D eigenvalue weighted by Crippen LogP contribution is 2.40. The maximum absolute atomic E-state index is 10.6. The van der Waals surface area contributed by atoms with Crippen molar-refractivity contribution < 1.29 is 5.11 Å². The molecule has 0 amide bonds. The zero-order valence-electron chi connectivity index (χ0n) is 21.5. The second kappa shape index (κ2) is 13.4. The van der Waals surface area contributed by atoms with Crippen molar-refractivity contribution in [3.63, 3.8) is 0 Å². The van der Waals surface area contributed by atoms with E-state index >= 15 is 0 Å². The molecule has 0 fully saturated rings. The summed E-state index contributed by atoms with van der Waals surface area (Å²) in [5.74, 6) is 0.472. The smallest absolute Gasteiger partial charge is 0.119 e. The van der Waals surface area contributed by atoms with Gasteiger partial charge in [0.1, 0.15) is 5.75 Å². The van der Waals surface area contributed by atoms with Gasteiger partial charge in [0.25, 0.3) is 0 Å². The van der Waals surface area contributed by atoms with E-state index < -0.39 is 0 Å². The Bertz CT molecular complexity index is 586. The quantitative estimate of drug-likeness (QED) is 0.299. The maximum Gasteiger partial charge on any atom is 0.119 e. The molecule has 0 unspecified atom stereocenters. The average Bonchev–Trinajstić information content (AvgIpc) is 2.63. The lowest BCUT2D eigenvalue weighted by molar-refractivity contribution is 0.440. The molecule has 1 aromatic rings. The minimum Gasteiger partial charge on any atom is -0.508 e. The zero-order chi connectivity index (χ0) is 22.6. The van der Waals surface area contributed by atoms with Crippen LogP contribution < -0.4 is 0 Å². The van der Waals surface area contributed by atoms with Crippen molar-refractivity contribution in [3.05, 3.63) is 28.8 Å². The zero-order valence-corrected chi connectivity index (χ0v) is 21.5. The summed E-state index contributed by atoms with van der Waals surface area (Å²) in [6.07, 6.45) is 19.1. The molecule has 1 nitrogen and oxygen atoms in total. The van der Waals surface area contributed by atoms with Crippen molar-refractivity contribution in [2.45, 2.75) is 149 Å². The number of aromatic hydroxyl groups is 1. The summed E-state index contributed by atoms with van der Waals surface area (Å²) in [4.78, 5) is 0. The second-order valence-electron chi connectivity index (χ2n) is 11.5. The first-order valence-corrected chi connectivity index (χ1v) is 12.9. The first-order chi connectivity index (χ1) is 14.1. The number of benzene rings is 1. The van der Waals surface area contributed by atoms with Crippen LogP contribution in [-0.2, 0) is 17.3 Å². The van der Waals surface area contributed by atoms with Gasteiger partial charge < -0.3 is 5.11 Å². The van der Waals surface area contributed by atoms with Crippen molar-refractivity contribution in [1.82, 2.24) is 0 Å². The normalized spacial score (nSPS) is 12.5. The molecular weight excluding hydrogens is 364 g/mol. The Hall–Kier alpha value is -0.980. The molecule has 0 saturated heterocycles. The van der Waals surface area contributed by atoms with E-state index in [-0.39, 0.29) is 10.8 Å². The van der Waals surface area contributed by atoms with Gasteiger partial charge in [0.05, 0.1) is 0 Å². The summed E-state index contributed by atoms with van der Waals surface area (Å²) < 4.78 is 0. The highest BCUT2D eigenvalue weighted by atomic mass is 16.3. The molecule has 1 heteroatoms. The van der Waals surface area contributed by atoms with E-state index in [4.69, 9.17) is 0 Å². The van der Waals surface area contributed by atoms with E-state index in [0.717, 1.165) is 12.0 Å². The predicted molar refractivity (Wildman–Crippen MR) is 135 cm³/mol. The van der Waals surface area contributed by atoms with E-state index in [2.05, 4.69) is 54.5 Å². The van der Waals surface area contributed by atoms with E-state index in [9.17, 15) is 5.11 Å². The third-order valence-electron chi connectivity index (χ3n) is 6.38. The topological polar surface area (TPSA) is 20.2 Å². The van der Waals surface area contributed by atoms with E-state index in [1.54, 1.807) is 0 Å². The van der Waals surface area contributed by atoms with E-state index in [0.29, 0.717) is 5.75 Å². The summed E-state index contributed by atoms with van der Waals surface area (Å²) in [6, 6.07) is 4.07. The Labute approximate surface area is 189 Å². The second-order valence-corrected chi connectivity index (χ2v) is 11.5. The summed E-state index contributed by atoms with van der Waals surface area (Å²) >= 11 is 0. The maximum atomic E-state index is 10.6. The molecule has 0 aliphatic rings. The Morgan fingerprint density at radius 2 is 1.03 bits per heavy atom. The summed E-state index contributed by atoms with van der Waals surface area (Å²) in [5, 5.41) is 10.6. The first-order valence-electron chi connectivity index (χ1n) is 12.9. The van der Waals surface area contributed by atoms with Crippen LogP contribution in [-0.4, -0.2) is 5.11 Å². The Morgan fingerprint density at radius 1 is 0.600 bits per heavy atom. The number of hydrogen-bond donors (Lipinski definition) is 1. The molecule has 30 heavy (non-hydrogen) atoms. The molecule has 0 heterocycles. The molecule has 0 saturated carbocycles. The summed E-state index contributed by atoms with van der Waals surface area (Å²) in [6.45, 7) is 15.8. The molecule has 0 aliphatic carbocycles. The van der Waals surface area contributed by atoms with Gasteiger partial charge in [0.15, 0.2) is 0 Å². The van der Waals surface area contributed by atoms with Crippen molar-refractivity contribution >= 4 is 0 Å². The number of unbranched alkanes of at least 4 members (excludes halogenated alkanes) is 12. The lowest BCUT2D eigenvalue weighted by Gasteiger charge is -2.31. The van der Waals surface area contributed by atoms with Crippen LogP contribution in [0, 0.1) is 0 Å². The van der Waals surface area contributed by atoms with Crippen LogP contribution >= 0.6 is 0 Å². The number of hydrogen-bond acceptors (Lipinski definition) is 1. The van der Waals surface area contributed by atoms with Crippen LogP contribution in [0.25, 0.3) is 0 Å². The molecule has 0 aliphatic heterocycles. The van der Waals surface area contributed by atoms with Crippen molar-refractivity contribution in [2.24, 2.45) is 0 Å². The predicted octanol–water partition coefficient (Wildman–Crippen LogP) is 9.62. The van der Waals surface area contributed by atoms with Crippen LogP contribution in [0.1, 0.15) is 149 Å². The third kappa shape index (κ3) is 9.88. The number of phenols is 1. The van der Waals surface area contributed by atoms with Gasteiger partial charge in [0, 0.05) is 5.56 Å². The first kappa shape index (κ1) is 27.1. The molecule has 1 N–H and O–H groups in total. The molecule has 0 bridgehead atoms. The minimum absolute atomic E-state index is 0.0305. The SMILES string of the molecule is CCCCCCCCCCCCCCCc1c(C(C)(C)C)ccc(O)c1C(C)(C)C. The lowest BCUT2D eigenvalue weighted by atomic mass is 9.74. The van der Waals surface area contributed by atoms with Crippen LogP contribution in [0.3, 0.4) is 0 Å². The van der Waals surface area contributed by atoms with Gasteiger partial charge in [-0.3, -0.25) is 0 Å². The fourth-order valence-corrected chi connectivity index (χ4v) is 4.75. The molecule has 0 radical (unpaired) electrons. The van der Waals surface area contributed by atoms with Crippen LogP contribution in [0.4, 0.5) is 0 Å². The van der Waals surface area contributed by atoms with Gasteiger partial charge in [0.2, 0.25) is 0 Å². The molecule has 1 rings (SSSR count). The molecule has 0 atom stereocenters. The highest BCUT2D eigenvalue weighted by molar-refractivity contribution is 5.50. The van der Waals surface area contributed by atoms with Crippen LogP contribution in [0.2, 0.25) is 0 Å². The Kier molecular flexibility index (Phi) is 12.1. The molecular formula is C29H52O. The standard InChI is InChI=1S/C29H52O/c1-8-9-10-11-12-13-14-15-16-17-18-19-20-21-24-25(28(2,3)4)22-23-26(30)27(24)29(5,6)7/h22-23,30H,8-21H2,1-7H3. The fourth-order valence-electron chi connectivity index (χ4n) is 4.75. The summed E-state index contributed by atoms with van der Waals surface area (Å²) in [5.41, 5.74) is 4.05. The van der Waals surface area contributed by atoms with E-state index in [1.165, 1.54) is 94.6 Å². The molecule has 1 aromatic carbocycles. The van der Waals surface area contributed by atoms with E-state index in [1.807, 2.05) is 6.07 Å². The lowest BCUT2D eigenvalue weighted by Crippen LogP contribution is -2.21. The minimum atomic E-state index is -0.0305. The van der Waals surface area contributed by atoms with Crippen LogP contribution in [0.15, 0.2) is 12.1 Å². The van der Waals surface area contributed by atoms with Crippen molar-refractivity contribution in [3.8, 4) is 5.75 Å². The van der Waals surface area contributed by atoms with Crippen molar-refractivity contribution in [1.29, 1.82) is 0 Å². The monoisotopic (exact) mass is 416 g/mol. The molecule has 174 valence electrons. The van der Waals surface area contributed by atoms with Crippen LogP contribution in [0.5, 0.6) is 5.75 Å². The highest BCUT2D eigenvalue weighted by Gasteiger charge is 2.27. The van der Waals surface area contributed by atoms with Crippen molar-refractivity contribution in [2.75, 3.05) is 0 Å². The van der Waals surface area contributed by atoms with Gasteiger partial charge in [-0.2, -0.15) is 0 Å². The summed E-state index contributed by atoms with van der Waals surface area (Å²) in [7, 11) is 0. The van der Waals surface area contributed by atoms with Gasteiger partial charge >= 0.3 is 0 Å². The van der Waals surface area contributed by atoms with Gasteiger partial charge in [-0.05, 0) is 40.9 Å². The number of phenolic OH excluding ortho intramolecular Hbond substituents is 1. The largest absolute Gasteiger partial charge is 0.508 e.